The molecule has 214 valence electrons. The number of hydrogen-bond acceptors (Lipinski definition) is 7. The molecule has 1 saturated carbocycles. The summed E-state index contributed by atoms with van der Waals surface area (Å²) in [7, 11) is 0. The molecule has 2 fully saturated rings. The number of aromatic nitrogens is 2. The second-order valence-corrected chi connectivity index (χ2v) is 11.6. The predicted octanol–water partition coefficient (Wildman–Crippen LogP) is 4.95. The Morgan fingerprint density at radius 1 is 1.23 bits per heavy atom. The van der Waals surface area contributed by atoms with Gasteiger partial charge in [0.2, 0.25) is 0 Å². The molecule has 2 unspecified atom stereocenters. The summed E-state index contributed by atoms with van der Waals surface area (Å²) in [6, 6.07) is -0.871. The van der Waals surface area contributed by atoms with Crippen molar-refractivity contribution < 1.29 is 36.6 Å². The molecule has 0 radical (unpaired) electrons. The molecule has 2 aromatic rings. The number of pyridine rings is 1. The Morgan fingerprint density at radius 3 is 2.51 bits per heavy atom. The van der Waals surface area contributed by atoms with Crippen LogP contribution in [-0.4, -0.2) is 68.5 Å². The van der Waals surface area contributed by atoms with Gasteiger partial charge in [-0.05, 0) is 52.5 Å². The number of carbonyl (C=O) groups is 2. The quantitative estimate of drug-likeness (QED) is 0.404. The van der Waals surface area contributed by atoms with Gasteiger partial charge in [-0.15, -0.1) is 11.3 Å². The van der Waals surface area contributed by atoms with Gasteiger partial charge in [-0.25, -0.2) is 18.7 Å². The first-order valence-electron chi connectivity index (χ1n) is 12.6. The highest BCUT2D eigenvalue weighted by atomic mass is 32.1. The fourth-order valence-electron chi connectivity index (χ4n) is 4.72. The number of alkyl halides is 5. The van der Waals surface area contributed by atoms with Crippen LogP contribution in [-0.2, 0) is 6.18 Å². The molecular weight excluding hydrogens is 545 g/mol. The molecule has 3 N–H and O–H groups in total. The molecule has 2 aromatic heterocycles. The molecule has 2 aliphatic rings. The van der Waals surface area contributed by atoms with E-state index in [1.54, 1.807) is 0 Å². The lowest BCUT2D eigenvalue weighted by molar-refractivity contribution is -0.137. The topological polar surface area (TPSA) is 107 Å². The van der Waals surface area contributed by atoms with Crippen LogP contribution in [0, 0.1) is 0 Å². The van der Waals surface area contributed by atoms with E-state index in [-0.39, 0.29) is 53.2 Å². The van der Waals surface area contributed by atoms with Gasteiger partial charge in [-0.3, -0.25) is 9.59 Å². The number of carbonyl (C=O) groups excluding carboxylic acids is 2. The molecule has 14 heteroatoms. The lowest BCUT2D eigenvalue weighted by Gasteiger charge is -2.22. The maximum atomic E-state index is 14.3. The van der Waals surface area contributed by atoms with E-state index in [0.717, 1.165) is 6.20 Å². The van der Waals surface area contributed by atoms with Crippen molar-refractivity contribution in [1.29, 1.82) is 0 Å². The van der Waals surface area contributed by atoms with Gasteiger partial charge in [-0.1, -0.05) is 0 Å². The third-order valence-corrected chi connectivity index (χ3v) is 7.90. The van der Waals surface area contributed by atoms with E-state index in [9.17, 15) is 36.6 Å². The minimum Gasteiger partial charge on any atom is -0.389 e. The molecule has 39 heavy (non-hydrogen) atoms. The minimum absolute atomic E-state index is 0.0857. The van der Waals surface area contributed by atoms with Crippen molar-refractivity contribution in [1.82, 2.24) is 20.2 Å². The molecule has 3 heterocycles. The maximum Gasteiger partial charge on any atom is 0.417 e. The number of halogens is 5. The van der Waals surface area contributed by atoms with Crippen molar-refractivity contribution in [3.63, 3.8) is 0 Å². The third kappa shape index (κ3) is 6.48. The zero-order chi connectivity index (χ0) is 28.8. The van der Waals surface area contributed by atoms with Gasteiger partial charge < -0.3 is 20.6 Å². The van der Waals surface area contributed by atoms with Crippen LogP contribution in [0.5, 0.6) is 0 Å². The summed E-state index contributed by atoms with van der Waals surface area (Å²) in [5.41, 5.74) is -3.26. The molecule has 1 aliphatic carbocycles. The number of rotatable bonds is 7. The van der Waals surface area contributed by atoms with Gasteiger partial charge in [0.1, 0.15) is 11.5 Å². The van der Waals surface area contributed by atoms with Crippen molar-refractivity contribution in [2.24, 2.45) is 0 Å². The van der Waals surface area contributed by atoms with Crippen molar-refractivity contribution >= 4 is 29.0 Å². The van der Waals surface area contributed by atoms with Crippen LogP contribution >= 0.6 is 11.3 Å². The van der Waals surface area contributed by atoms with Gasteiger partial charge in [0, 0.05) is 37.3 Å². The smallest absolute Gasteiger partial charge is 0.389 e. The average Bonchev–Trinajstić information content (AvgIpc) is 3.54. The maximum absolute atomic E-state index is 14.3. The molecule has 1 saturated heterocycles. The van der Waals surface area contributed by atoms with Gasteiger partial charge in [0.25, 0.3) is 17.7 Å². The highest BCUT2D eigenvalue weighted by Crippen LogP contribution is 2.43. The molecule has 0 bridgehead atoms. The summed E-state index contributed by atoms with van der Waals surface area (Å²) >= 11 is 0.596. The van der Waals surface area contributed by atoms with E-state index in [1.807, 2.05) is 6.92 Å². The minimum atomic E-state index is -4.93. The zero-order valence-corrected chi connectivity index (χ0v) is 22.5. The normalized spacial score (nSPS) is 21.3. The molecule has 0 spiro atoms. The van der Waals surface area contributed by atoms with E-state index >= 15 is 0 Å². The first-order valence-corrected chi connectivity index (χ1v) is 13.4. The van der Waals surface area contributed by atoms with E-state index in [1.165, 1.54) is 18.7 Å². The van der Waals surface area contributed by atoms with Gasteiger partial charge in [0.05, 0.1) is 22.1 Å². The van der Waals surface area contributed by atoms with Gasteiger partial charge in [-0.2, -0.15) is 13.2 Å². The highest BCUT2D eigenvalue weighted by molar-refractivity contribution is 7.17. The first-order chi connectivity index (χ1) is 18.1. The Kier molecular flexibility index (Phi) is 7.92. The molecule has 4 rings (SSSR count). The highest BCUT2D eigenvalue weighted by Gasteiger charge is 2.44. The molecule has 1 aliphatic heterocycles. The number of anilines is 1. The Hall–Kier alpha value is -2.87. The van der Waals surface area contributed by atoms with Crippen LogP contribution in [0.15, 0.2) is 12.3 Å². The SMILES string of the molecule is CC1CCCN1C(=O)c1nc(C(=O)NCC(C)(C)O)sc1-c1cnc(NC2CCCC2(F)F)cc1C(F)(F)F. The number of nitrogens with one attached hydrogen (secondary N) is 2. The number of aliphatic hydroxyl groups is 1. The van der Waals surface area contributed by atoms with Crippen molar-refractivity contribution in [3.8, 4) is 10.4 Å². The third-order valence-electron chi connectivity index (χ3n) is 6.81. The molecule has 0 aromatic carbocycles. The summed E-state index contributed by atoms with van der Waals surface area (Å²) in [6.07, 6.45) is -2.68. The van der Waals surface area contributed by atoms with Crippen LogP contribution in [0.4, 0.5) is 27.8 Å². The van der Waals surface area contributed by atoms with Crippen LogP contribution in [0.25, 0.3) is 10.4 Å². The van der Waals surface area contributed by atoms with E-state index < -0.39 is 46.7 Å². The molecule has 2 amide bonds. The van der Waals surface area contributed by atoms with Crippen LogP contribution in [0.3, 0.4) is 0 Å². The largest absolute Gasteiger partial charge is 0.417 e. The van der Waals surface area contributed by atoms with Crippen LogP contribution in [0.2, 0.25) is 0 Å². The summed E-state index contributed by atoms with van der Waals surface area (Å²) in [5.74, 6) is -4.83. The Morgan fingerprint density at radius 2 is 1.95 bits per heavy atom. The monoisotopic (exact) mass is 575 g/mol. The van der Waals surface area contributed by atoms with E-state index in [4.69, 9.17) is 0 Å². The van der Waals surface area contributed by atoms with Gasteiger partial charge in [0.15, 0.2) is 5.01 Å². The van der Waals surface area contributed by atoms with E-state index in [0.29, 0.717) is 36.8 Å². The molecular formula is C25H30F5N5O3S. The second kappa shape index (κ2) is 10.6. The second-order valence-electron chi connectivity index (χ2n) is 10.6. The van der Waals surface area contributed by atoms with Crippen molar-refractivity contribution in [2.45, 2.75) is 82.7 Å². The fourth-order valence-corrected chi connectivity index (χ4v) is 5.72. The predicted molar refractivity (Wildman–Crippen MR) is 135 cm³/mol. The molecule has 8 nitrogen and oxygen atoms in total. The summed E-state index contributed by atoms with van der Waals surface area (Å²) in [5, 5.41) is 14.6. The van der Waals surface area contributed by atoms with Crippen molar-refractivity contribution in [3.05, 3.63) is 28.5 Å². The lowest BCUT2D eigenvalue weighted by atomic mass is 10.1. The number of thiazole rings is 1. The van der Waals surface area contributed by atoms with E-state index in [2.05, 4.69) is 20.6 Å². The zero-order valence-electron chi connectivity index (χ0n) is 21.7. The summed E-state index contributed by atoms with van der Waals surface area (Å²) < 4.78 is 71.0. The van der Waals surface area contributed by atoms with Crippen molar-refractivity contribution in [2.75, 3.05) is 18.4 Å². The van der Waals surface area contributed by atoms with Crippen LogP contribution < -0.4 is 10.6 Å². The number of amides is 2. The standard InChI is InChI=1S/C25H30F5N5O3S/c1-13-6-5-9-35(13)22(37)18-19(39-21(34-18)20(36)32-12-23(2,3)38)14-11-31-17(10-15(14)25(28,29)30)33-16-7-4-8-24(16,26)27/h10-11,13,16,38H,4-9,12H2,1-3H3,(H,31,33)(H,32,36). The average molecular weight is 576 g/mol. The summed E-state index contributed by atoms with van der Waals surface area (Å²) in [6.45, 7) is 4.97. The first kappa shape index (κ1) is 29.1. The number of hydrogen-bond donors (Lipinski definition) is 3. The Balaban J connectivity index is 1.77. The van der Waals surface area contributed by atoms with Crippen LogP contribution in [0.1, 0.15) is 78.7 Å². The van der Waals surface area contributed by atoms with Gasteiger partial charge >= 0.3 is 6.18 Å². The lowest BCUT2D eigenvalue weighted by Crippen LogP contribution is -2.38. The fraction of sp³-hybridized carbons (Fsp3) is 0.600. The number of likely N-dealkylation sites (tertiary alicyclic amines) is 1. The number of nitrogens with zero attached hydrogens (tertiary/aromatic N) is 3. The Bertz CT molecular complexity index is 1240. The summed E-state index contributed by atoms with van der Waals surface area (Å²) in [4.78, 5) is 35.6. The molecule has 2 atom stereocenters. The Labute approximate surface area is 226 Å².